The van der Waals surface area contributed by atoms with Crippen molar-refractivity contribution in [1.82, 2.24) is 14.1 Å². The molecule has 18 heavy (non-hydrogen) atoms. The highest BCUT2D eigenvalue weighted by atomic mass is 32.1. The molecule has 0 fully saturated rings. The molecule has 2 rings (SSSR count). The van der Waals surface area contributed by atoms with E-state index in [0.29, 0.717) is 0 Å². The molecule has 94 valence electrons. The molecule has 5 nitrogen and oxygen atoms in total. The molecule has 6 heteroatoms. The van der Waals surface area contributed by atoms with E-state index in [4.69, 9.17) is 0 Å². The monoisotopic (exact) mass is 263 g/mol. The molecule has 1 aromatic carbocycles. The van der Waals surface area contributed by atoms with Gasteiger partial charge in [-0.15, -0.1) is 0 Å². The third kappa shape index (κ3) is 2.91. The second-order valence-corrected chi connectivity index (χ2v) is 4.67. The van der Waals surface area contributed by atoms with Gasteiger partial charge in [-0.3, -0.25) is 4.79 Å². The van der Waals surface area contributed by atoms with Crippen LogP contribution >= 0.6 is 11.7 Å². The van der Waals surface area contributed by atoms with Gasteiger partial charge in [0.25, 0.3) is 5.91 Å². The van der Waals surface area contributed by atoms with Crippen LogP contribution in [0.4, 0.5) is 0 Å². The first kappa shape index (κ1) is 12.7. The molecule has 1 unspecified atom stereocenters. The summed E-state index contributed by atoms with van der Waals surface area (Å²) in [6.07, 6.45) is 1.40. The lowest BCUT2D eigenvalue weighted by Crippen LogP contribution is -2.38. The lowest BCUT2D eigenvalue weighted by molar-refractivity contribution is 0.0525. The minimum atomic E-state index is -1.11. The standard InChI is InChI=1S/C12H13N3O2S/c1-12(17,9-5-3-2-4-6-9)8-13-11(16)10-7-14-18-15-10/h2-7,17H,8H2,1H3,(H,13,16). The second kappa shape index (κ2) is 5.24. The van der Waals surface area contributed by atoms with Crippen molar-refractivity contribution in [2.75, 3.05) is 6.54 Å². The maximum atomic E-state index is 11.7. The molecule has 0 bridgehead atoms. The van der Waals surface area contributed by atoms with Gasteiger partial charge in [-0.25, -0.2) is 0 Å². The van der Waals surface area contributed by atoms with E-state index in [1.807, 2.05) is 30.3 Å². The smallest absolute Gasteiger partial charge is 0.272 e. The molecule has 1 aromatic heterocycles. The van der Waals surface area contributed by atoms with Crippen molar-refractivity contribution in [1.29, 1.82) is 0 Å². The zero-order valence-electron chi connectivity index (χ0n) is 9.83. The van der Waals surface area contributed by atoms with Crippen molar-refractivity contribution in [2.24, 2.45) is 0 Å². The van der Waals surface area contributed by atoms with Crippen LogP contribution in [0.5, 0.6) is 0 Å². The average molecular weight is 263 g/mol. The summed E-state index contributed by atoms with van der Waals surface area (Å²) in [6.45, 7) is 1.77. The van der Waals surface area contributed by atoms with E-state index < -0.39 is 5.60 Å². The number of amides is 1. The first-order chi connectivity index (χ1) is 8.59. The lowest BCUT2D eigenvalue weighted by atomic mass is 9.96. The third-order valence-corrected chi connectivity index (χ3v) is 3.06. The van der Waals surface area contributed by atoms with Gasteiger partial charge in [0.1, 0.15) is 5.60 Å². The Balaban J connectivity index is 1.99. The Kier molecular flexibility index (Phi) is 3.69. The highest BCUT2D eigenvalue weighted by Crippen LogP contribution is 2.18. The fraction of sp³-hybridized carbons (Fsp3) is 0.250. The molecule has 0 radical (unpaired) electrons. The van der Waals surface area contributed by atoms with Gasteiger partial charge in [0.2, 0.25) is 0 Å². The quantitative estimate of drug-likeness (QED) is 0.868. The van der Waals surface area contributed by atoms with Gasteiger partial charge in [-0.2, -0.15) is 8.75 Å². The maximum Gasteiger partial charge on any atom is 0.272 e. The molecule has 2 N–H and O–H groups in total. The molecule has 1 atom stereocenters. The molecule has 2 aromatic rings. The normalized spacial score (nSPS) is 13.9. The van der Waals surface area contributed by atoms with Gasteiger partial charge in [0, 0.05) is 0 Å². The Morgan fingerprint density at radius 3 is 2.78 bits per heavy atom. The van der Waals surface area contributed by atoms with E-state index in [2.05, 4.69) is 14.1 Å². The minimum absolute atomic E-state index is 0.118. The number of carbonyl (C=O) groups is 1. The lowest BCUT2D eigenvalue weighted by Gasteiger charge is -2.23. The van der Waals surface area contributed by atoms with Gasteiger partial charge in [0.05, 0.1) is 24.5 Å². The Morgan fingerprint density at radius 2 is 2.17 bits per heavy atom. The third-order valence-electron chi connectivity index (χ3n) is 2.58. The summed E-state index contributed by atoms with van der Waals surface area (Å²) in [5, 5.41) is 12.9. The van der Waals surface area contributed by atoms with Crippen LogP contribution in [-0.4, -0.2) is 26.3 Å². The number of nitrogens with one attached hydrogen (secondary N) is 1. The Labute approximate surface area is 109 Å². The molecule has 0 aliphatic heterocycles. The molecule has 0 aliphatic carbocycles. The van der Waals surface area contributed by atoms with Crippen molar-refractivity contribution in [2.45, 2.75) is 12.5 Å². The summed E-state index contributed by atoms with van der Waals surface area (Å²) in [4.78, 5) is 11.7. The van der Waals surface area contributed by atoms with E-state index in [1.165, 1.54) is 6.20 Å². The van der Waals surface area contributed by atoms with Crippen molar-refractivity contribution in [3.05, 3.63) is 47.8 Å². The van der Waals surface area contributed by atoms with Crippen molar-refractivity contribution >= 4 is 17.6 Å². The van der Waals surface area contributed by atoms with Crippen molar-refractivity contribution < 1.29 is 9.90 Å². The fourth-order valence-electron chi connectivity index (χ4n) is 1.51. The van der Waals surface area contributed by atoms with Crippen molar-refractivity contribution in [3.8, 4) is 0 Å². The van der Waals surface area contributed by atoms with Crippen LogP contribution in [0.1, 0.15) is 23.0 Å². The van der Waals surface area contributed by atoms with Crippen LogP contribution in [0, 0.1) is 0 Å². The van der Waals surface area contributed by atoms with E-state index in [-0.39, 0.29) is 18.1 Å². The predicted octanol–water partition coefficient (Wildman–Crippen LogP) is 1.18. The SMILES string of the molecule is CC(O)(CNC(=O)c1cnsn1)c1ccccc1. The molecule has 0 saturated carbocycles. The van der Waals surface area contributed by atoms with Crippen LogP contribution < -0.4 is 5.32 Å². The summed E-state index contributed by atoms with van der Waals surface area (Å²) in [5.74, 6) is -0.333. The number of hydrogen-bond acceptors (Lipinski definition) is 5. The molecule has 1 heterocycles. The molecular weight excluding hydrogens is 250 g/mol. The van der Waals surface area contributed by atoms with Crippen LogP contribution in [-0.2, 0) is 5.60 Å². The number of rotatable bonds is 4. The first-order valence-corrected chi connectivity index (χ1v) is 6.16. The zero-order valence-corrected chi connectivity index (χ0v) is 10.6. The molecule has 0 spiro atoms. The fourth-order valence-corrected chi connectivity index (χ4v) is 1.92. The van der Waals surface area contributed by atoms with Gasteiger partial charge < -0.3 is 10.4 Å². The number of carbonyl (C=O) groups excluding carboxylic acids is 1. The maximum absolute atomic E-state index is 11.7. The molecule has 0 aliphatic rings. The van der Waals surface area contributed by atoms with Crippen LogP contribution in [0.3, 0.4) is 0 Å². The van der Waals surface area contributed by atoms with E-state index in [9.17, 15) is 9.90 Å². The molecular formula is C12H13N3O2S. The summed E-state index contributed by atoms with van der Waals surface area (Å²) in [5.41, 5.74) is -0.0917. The van der Waals surface area contributed by atoms with E-state index in [0.717, 1.165) is 17.3 Å². The highest BCUT2D eigenvalue weighted by Gasteiger charge is 2.24. The first-order valence-electron chi connectivity index (χ1n) is 5.43. The summed E-state index contributed by atoms with van der Waals surface area (Å²) in [6, 6.07) is 9.19. The number of nitrogens with zero attached hydrogens (tertiary/aromatic N) is 2. The zero-order chi connectivity index (χ0) is 13.0. The largest absolute Gasteiger partial charge is 0.384 e. The Bertz CT molecular complexity index is 511. The number of aliphatic hydroxyl groups is 1. The Hall–Kier alpha value is -1.79. The second-order valence-electron chi connectivity index (χ2n) is 4.12. The van der Waals surface area contributed by atoms with E-state index >= 15 is 0 Å². The van der Waals surface area contributed by atoms with Gasteiger partial charge >= 0.3 is 0 Å². The van der Waals surface area contributed by atoms with Crippen LogP contribution in [0.25, 0.3) is 0 Å². The molecule has 1 amide bonds. The predicted molar refractivity (Wildman–Crippen MR) is 68.3 cm³/mol. The number of hydrogen-bond donors (Lipinski definition) is 2. The van der Waals surface area contributed by atoms with E-state index in [1.54, 1.807) is 6.92 Å². The average Bonchev–Trinajstić information content (AvgIpc) is 2.91. The molecule has 0 saturated heterocycles. The Morgan fingerprint density at radius 1 is 1.44 bits per heavy atom. The van der Waals surface area contributed by atoms with Crippen molar-refractivity contribution in [3.63, 3.8) is 0 Å². The van der Waals surface area contributed by atoms with Crippen LogP contribution in [0.15, 0.2) is 36.5 Å². The number of aromatic nitrogens is 2. The summed E-state index contributed by atoms with van der Waals surface area (Å²) in [7, 11) is 0. The van der Waals surface area contributed by atoms with Crippen LogP contribution in [0.2, 0.25) is 0 Å². The van der Waals surface area contributed by atoms with Gasteiger partial charge in [-0.05, 0) is 12.5 Å². The topological polar surface area (TPSA) is 75.1 Å². The minimum Gasteiger partial charge on any atom is -0.384 e. The van der Waals surface area contributed by atoms with Gasteiger partial charge in [0.15, 0.2) is 5.69 Å². The highest BCUT2D eigenvalue weighted by molar-refractivity contribution is 6.99. The summed E-state index contributed by atoms with van der Waals surface area (Å²) >= 11 is 0.974. The number of benzene rings is 1. The van der Waals surface area contributed by atoms with Gasteiger partial charge in [-0.1, -0.05) is 30.3 Å². The summed E-state index contributed by atoms with van der Waals surface area (Å²) < 4.78 is 7.58.